The van der Waals surface area contributed by atoms with E-state index in [-0.39, 0.29) is 12.0 Å². The summed E-state index contributed by atoms with van der Waals surface area (Å²) in [5, 5.41) is 48.5. The molecule has 1 aliphatic carbocycles. The van der Waals surface area contributed by atoms with Crippen molar-refractivity contribution in [1.29, 1.82) is 26.3 Å². The Bertz CT molecular complexity index is 596. The van der Waals surface area contributed by atoms with Crippen LogP contribution in [0.1, 0.15) is 6.42 Å². The van der Waals surface area contributed by atoms with Crippen molar-refractivity contribution in [2.45, 2.75) is 6.42 Å². The third-order valence-electron chi connectivity index (χ3n) is 2.75. The zero-order valence-corrected chi connectivity index (χ0v) is 9.90. The first-order valence-corrected chi connectivity index (χ1v) is 5.61. The first kappa shape index (κ1) is 13.3. The molecule has 5 nitrogen and oxygen atoms in total. The molecule has 0 saturated carbocycles. The van der Waals surface area contributed by atoms with Gasteiger partial charge in [0.1, 0.15) is 5.40 Å². The van der Waals surface area contributed by atoms with E-state index < -0.39 is 10.8 Å². The molecule has 0 spiro atoms. The maximum absolute atomic E-state index is 9.27. The molecule has 0 saturated heterocycles. The SMILES string of the molecule is N#CS/C=C1\C=CCC(C#N)(C#N)C1(C#N)C#N. The molecule has 0 fully saturated rings. The van der Waals surface area contributed by atoms with Crippen LogP contribution >= 0.6 is 11.8 Å². The summed E-state index contributed by atoms with van der Waals surface area (Å²) in [4.78, 5) is 0. The Balaban J connectivity index is 3.59. The van der Waals surface area contributed by atoms with Gasteiger partial charge in [-0.1, -0.05) is 12.2 Å². The van der Waals surface area contributed by atoms with Gasteiger partial charge in [0, 0.05) is 6.42 Å². The summed E-state index contributed by atoms with van der Waals surface area (Å²) in [6.45, 7) is 0. The van der Waals surface area contributed by atoms with Gasteiger partial charge in [0.25, 0.3) is 0 Å². The Morgan fingerprint density at radius 2 is 1.67 bits per heavy atom. The normalized spacial score (nSPS) is 20.7. The highest BCUT2D eigenvalue weighted by atomic mass is 32.2. The topological polar surface area (TPSA) is 119 Å². The van der Waals surface area contributed by atoms with Crippen molar-refractivity contribution < 1.29 is 0 Å². The van der Waals surface area contributed by atoms with Gasteiger partial charge in [0.05, 0.1) is 24.3 Å². The van der Waals surface area contributed by atoms with Crippen LogP contribution in [0.4, 0.5) is 0 Å². The van der Waals surface area contributed by atoms with Crippen molar-refractivity contribution in [3.05, 3.63) is 23.1 Å². The molecule has 0 heterocycles. The average molecular weight is 251 g/mol. The molecule has 84 valence electrons. The van der Waals surface area contributed by atoms with Crippen molar-refractivity contribution in [2.24, 2.45) is 10.8 Å². The van der Waals surface area contributed by atoms with Gasteiger partial charge in [0.15, 0.2) is 5.41 Å². The molecule has 0 aromatic carbocycles. The number of hydrogen-bond acceptors (Lipinski definition) is 6. The minimum Gasteiger partial charge on any atom is -0.196 e. The molecule has 0 N–H and O–H groups in total. The maximum atomic E-state index is 9.27. The Hall–Kier alpha value is -2.72. The molecule has 18 heavy (non-hydrogen) atoms. The molecule has 0 aromatic heterocycles. The fraction of sp³-hybridized carbons (Fsp3) is 0.250. The Kier molecular flexibility index (Phi) is 3.76. The molecule has 1 aliphatic rings. The standard InChI is InChI=1S/C12H5N5S/c13-5-11(6-14)3-1-2-10(4-18-9-17)12(11,7-15)8-16/h1-2,4H,3H2/b10-4+. The van der Waals surface area contributed by atoms with Gasteiger partial charge < -0.3 is 0 Å². The van der Waals surface area contributed by atoms with Crippen LogP contribution in [0.5, 0.6) is 0 Å². The molecule has 0 unspecified atom stereocenters. The zero-order valence-electron chi connectivity index (χ0n) is 9.08. The van der Waals surface area contributed by atoms with Crippen LogP contribution in [0.15, 0.2) is 23.1 Å². The summed E-state index contributed by atoms with van der Waals surface area (Å²) in [6, 6.07) is 7.09. The molecule has 0 amide bonds. The second-order valence-electron chi connectivity index (χ2n) is 3.49. The minimum absolute atomic E-state index is 0.00960. The molecular weight excluding hydrogens is 246 g/mol. The number of thiocyanates is 1. The van der Waals surface area contributed by atoms with E-state index in [9.17, 15) is 21.0 Å². The van der Waals surface area contributed by atoms with Crippen LogP contribution in [-0.2, 0) is 0 Å². The number of nitriles is 5. The number of hydrogen-bond donors (Lipinski definition) is 0. The molecule has 0 atom stereocenters. The highest BCUT2D eigenvalue weighted by Crippen LogP contribution is 2.50. The molecule has 1 rings (SSSR count). The summed E-state index contributed by atoms with van der Waals surface area (Å²) in [5.41, 5.74) is -3.41. The lowest BCUT2D eigenvalue weighted by atomic mass is 9.59. The summed E-state index contributed by atoms with van der Waals surface area (Å²) in [7, 11) is 0. The van der Waals surface area contributed by atoms with Gasteiger partial charge in [-0.3, -0.25) is 0 Å². The van der Waals surface area contributed by atoms with Crippen LogP contribution in [0, 0.1) is 66.8 Å². The van der Waals surface area contributed by atoms with E-state index in [1.807, 2.05) is 0 Å². The van der Waals surface area contributed by atoms with Crippen molar-refractivity contribution in [3.8, 4) is 29.7 Å². The van der Waals surface area contributed by atoms with Crippen LogP contribution < -0.4 is 0 Å². The smallest absolute Gasteiger partial charge is 0.196 e. The van der Waals surface area contributed by atoms with E-state index >= 15 is 0 Å². The van der Waals surface area contributed by atoms with E-state index in [0.29, 0.717) is 0 Å². The molecule has 0 bridgehead atoms. The number of rotatable bonds is 1. The van der Waals surface area contributed by atoms with E-state index in [1.165, 1.54) is 11.5 Å². The second-order valence-corrected chi connectivity index (χ2v) is 4.15. The third kappa shape index (κ3) is 1.61. The Morgan fingerprint density at radius 1 is 1.06 bits per heavy atom. The second kappa shape index (κ2) is 5.07. The Labute approximate surface area is 108 Å². The van der Waals surface area contributed by atoms with Gasteiger partial charge in [-0.2, -0.15) is 26.3 Å². The third-order valence-corrected chi connectivity index (χ3v) is 3.23. The number of allylic oxidation sites excluding steroid dienone is 3. The molecule has 0 aromatic rings. The van der Waals surface area contributed by atoms with Crippen molar-refractivity contribution in [2.75, 3.05) is 0 Å². The highest BCUT2D eigenvalue weighted by molar-refractivity contribution is 8.06. The maximum Gasteiger partial charge on any atom is 0.201 e. The first-order valence-electron chi connectivity index (χ1n) is 4.73. The lowest BCUT2D eigenvalue weighted by molar-refractivity contribution is 0.348. The van der Waals surface area contributed by atoms with Crippen molar-refractivity contribution in [3.63, 3.8) is 0 Å². The van der Waals surface area contributed by atoms with E-state index in [0.717, 1.165) is 11.8 Å². The van der Waals surface area contributed by atoms with Crippen LogP contribution in [0.2, 0.25) is 0 Å². The largest absolute Gasteiger partial charge is 0.201 e. The molecule has 0 aliphatic heterocycles. The quantitative estimate of drug-likeness (QED) is 0.658. The summed E-state index contributed by atoms with van der Waals surface area (Å²) in [6.07, 6.45) is 3.07. The monoisotopic (exact) mass is 251 g/mol. The summed E-state index contributed by atoms with van der Waals surface area (Å²) >= 11 is 0.741. The molecular formula is C12H5N5S. The van der Waals surface area contributed by atoms with Crippen LogP contribution in [0.3, 0.4) is 0 Å². The lowest BCUT2D eigenvalue weighted by Gasteiger charge is -2.34. The Morgan fingerprint density at radius 3 is 2.11 bits per heavy atom. The van der Waals surface area contributed by atoms with Gasteiger partial charge in [-0.25, -0.2) is 0 Å². The van der Waals surface area contributed by atoms with Gasteiger partial charge >= 0.3 is 0 Å². The summed E-state index contributed by atoms with van der Waals surface area (Å²) in [5.74, 6) is 0. The average Bonchev–Trinajstić information content (AvgIpc) is 2.44. The predicted molar refractivity (Wildman–Crippen MR) is 62.4 cm³/mol. The van der Waals surface area contributed by atoms with Gasteiger partial charge in [-0.15, -0.1) is 0 Å². The van der Waals surface area contributed by atoms with E-state index in [4.69, 9.17) is 5.26 Å². The first-order chi connectivity index (χ1) is 8.66. The molecule has 0 radical (unpaired) electrons. The molecule has 6 heteroatoms. The number of thioether (sulfide) groups is 1. The van der Waals surface area contributed by atoms with Gasteiger partial charge in [-0.05, 0) is 22.7 Å². The fourth-order valence-corrected chi connectivity index (χ4v) is 2.17. The zero-order chi connectivity index (χ0) is 13.6. The number of nitrogens with zero attached hydrogens (tertiary/aromatic N) is 5. The van der Waals surface area contributed by atoms with E-state index in [1.54, 1.807) is 35.8 Å². The van der Waals surface area contributed by atoms with Crippen molar-refractivity contribution >= 4 is 11.8 Å². The van der Waals surface area contributed by atoms with Gasteiger partial charge in [0.2, 0.25) is 5.41 Å². The van der Waals surface area contributed by atoms with E-state index in [2.05, 4.69) is 0 Å². The fourth-order valence-electron chi connectivity index (χ4n) is 1.73. The lowest BCUT2D eigenvalue weighted by Crippen LogP contribution is -2.41. The minimum atomic E-state index is -1.87. The summed E-state index contributed by atoms with van der Waals surface area (Å²) < 4.78 is 0. The predicted octanol–water partition coefficient (Wildman–Crippen LogP) is 2.11. The highest BCUT2D eigenvalue weighted by Gasteiger charge is 2.57. The van der Waals surface area contributed by atoms with Crippen LogP contribution in [0.25, 0.3) is 0 Å². The van der Waals surface area contributed by atoms with Crippen LogP contribution in [-0.4, -0.2) is 0 Å². The van der Waals surface area contributed by atoms with Crippen molar-refractivity contribution in [1.82, 2.24) is 0 Å².